The highest BCUT2D eigenvalue weighted by Crippen LogP contribution is 2.34. The highest BCUT2D eigenvalue weighted by Gasteiger charge is 2.22. The van der Waals surface area contributed by atoms with Gasteiger partial charge in [0.05, 0.1) is 11.5 Å². The summed E-state index contributed by atoms with van der Waals surface area (Å²) in [4.78, 5) is 13.9. The van der Waals surface area contributed by atoms with Gasteiger partial charge in [0.1, 0.15) is 23.0 Å². The van der Waals surface area contributed by atoms with Crippen molar-refractivity contribution in [3.05, 3.63) is 63.7 Å². The maximum atomic E-state index is 14.2. The normalized spacial score (nSPS) is 11.2. The standard InChI is InChI=1S/C19H14FNO4S2/c1-23-10-12-17-13(20)4-2-5-16(17)27-18(12)19(22)24-9-11-8-14(25-21-11)15-6-3-7-26-15/h2-8H,9-10H2,1H3. The molecular formula is C19H14FNO4S2. The molecule has 27 heavy (non-hydrogen) atoms. The summed E-state index contributed by atoms with van der Waals surface area (Å²) < 4.78 is 30.7. The molecule has 0 aliphatic rings. The number of aromatic nitrogens is 1. The van der Waals surface area contributed by atoms with Gasteiger partial charge in [0.2, 0.25) is 0 Å². The molecular weight excluding hydrogens is 389 g/mol. The second-order valence-corrected chi connectivity index (χ2v) is 7.69. The van der Waals surface area contributed by atoms with Crippen LogP contribution in [-0.4, -0.2) is 18.2 Å². The summed E-state index contributed by atoms with van der Waals surface area (Å²) >= 11 is 2.72. The van der Waals surface area contributed by atoms with Crippen LogP contribution >= 0.6 is 22.7 Å². The molecule has 3 heterocycles. The van der Waals surface area contributed by atoms with E-state index >= 15 is 0 Å². The number of esters is 1. The first-order chi connectivity index (χ1) is 13.2. The number of fused-ring (bicyclic) bond motifs is 1. The van der Waals surface area contributed by atoms with Gasteiger partial charge in [-0.15, -0.1) is 22.7 Å². The van der Waals surface area contributed by atoms with Gasteiger partial charge in [0, 0.05) is 28.8 Å². The Balaban J connectivity index is 1.55. The number of rotatable bonds is 6. The Morgan fingerprint density at radius 1 is 1.26 bits per heavy atom. The van der Waals surface area contributed by atoms with E-state index in [9.17, 15) is 9.18 Å². The molecule has 1 aromatic carbocycles. The van der Waals surface area contributed by atoms with E-state index in [-0.39, 0.29) is 19.0 Å². The zero-order valence-corrected chi connectivity index (χ0v) is 15.9. The average Bonchev–Trinajstić information content (AvgIpc) is 3.40. The average molecular weight is 403 g/mol. The summed E-state index contributed by atoms with van der Waals surface area (Å²) in [7, 11) is 1.50. The monoisotopic (exact) mass is 403 g/mol. The van der Waals surface area contributed by atoms with Gasteiger partial charge < -0.3 is 14.0 Å². The first-order valence-corrected chi connectivity index (χ1v) is 9.72. The van der Waals surface area contributed by atoms with Gasteiger partial charge in [0.25, 0.3) is 0 Å². The van der Waals surface area contributed by atoms with E-state index in [0.29, 0.717) is 32.0 Å². The van der Waals surface area contributed by atoms with Gasteiger partial charge in [-0.2, -0.15) is 0 Å². The molecule has 0 bridgehead atoms. The molecule has 0 spiro atoms. The molecule has 0 unspecified atom stereocenters. The molecule has 3 aromatic heterocycles. The Morgan fingerprint density at radius 3 is 2.93 bits per heavy atom. The first-order valence-electron chi connectivity index (χ1n) is 8.03. The second-order valence-electron chi connectivity index (χ2n) is 5.69. The van der Waals surface area contributed by atoms with Crippen LogP contribution in [0.3, 0.4) is 0 Å². The van der Waals surface area contributed by atoms with Crippen molar-refractivity contribution < 1.29 is 23.2 Å². The second kappa shape index (κ2) is 7.59. The van der Waals surface area contributed by atoms with Crippen LogP contribution in [0.15, 0.2) is 46.3 Å². The molecule has 0 atom stereocenters. The Labute approximate surface area is 161 Å². The third-order valence-corrected chi connectivity index (χ3v) is 5.97. The molecule has 0 aliphatic heterocycles. The number of thiophene rings is 2. The minimum atomic E-state index is -0.539. The van der Waals surface area contributed by atoms with Crippen molar-refractivity contribution in [1.29, 1.82) is 0 Å². The molecule has 0 N–H and O–H groups in total. The first kappa shape index (κ1) is 17.8. The number of methoxy groups -OCH3 is 1. The molecule has 8 heteroatoms. The lowest BCUT2D eigenvalue weighted by Crippen LogP contribution is -2.06. The van der Waals surface area contributed by atoms with Crippen molar-refractivity contribution >= 4 is 38.7 Å². The lowest BCUT2D eigenvalue weighted by Gasteiger charge is -2.04. The quantitative estimate of drug-likeness (QED) is 0.411. The number of hydrogen-bond donors (Lipinski definition) is 0. The van der Waals surface area contributed by atoms with E-state index in [2.05, 4.69) is 5.16 Å². The van der Waals surface area contributed by atoms with Crippen molar-refractivity contribution in [1.82, 2.24) is 5.16 Å². The maximum Gasteiger partial charge on any atom is 0.349 e. The number of carbonyl (C=O) groups excluding carboxylic acids is 1. The Hall–Kier alpha value is -2.55. The largest absolute Gasteiger partial charge is 0.455 e. The van der Waals surface area contributed by atoms with E-state index in [0.717, 1.165) is 4.88 Å². The molecule has 138 valence electrons. The third kappa shape index (κ3) is 3.51. The molecule has 0 saturated heterocycles. The van der Waals surface area contributed by atoms with Gasteiger partial charge >= 0.3 is 5.97 Å². The van der Waals surface area contributed by atoms with Crippen molar-refractivity contribution in [2.75, 3.05) is 7.11 Å². The fourth-order valence-electron chi connectivity index (χ4n) is 2.73. The molecule has 0 amide bonds. The Morgan fingerprint density at radius 2 is 2.15 bits per heavy atom. The van der Waals surface area contributed by atoms with Gasteiger partial charge in [-0.3, -0.25) is 0 Å². The van der Waals surface area contributed by atoms with Crippen LogP contribution in [0.5, 0.6) is 0 Å². The smallest absolute Gasteiger partial charge is 0.349 e. The summed E-state index contributed by atoms with van der Waals surface area (Å²) in [6.07, 6.45) is 0. The van der Waals surface area contributed by atoms with Crippen LogP contribution in [0.1, 0.15) is 20.9 Å². The molecule has 0 fully saturated rings. The minimum Gasteiger partial charge on any atom is -0.455 e. The number of halogens is 1. The van der Waals surface area contributed by atoms with E-state index in [4.69, 9.17) is 14.0 Å². The van der Waals surface area contributed by atoms with Crippen LogP contribution < -0.4 is 0 Å². The zero-order chi connectivity index (χ0) is 18.8. The molecule has 4 rings (SSSR count). The van der Waals surface area contributed by atoms with E-state index < -0.39 is 5.97 Å². The van der Waals surface area contributed by atoms with Crippen molar-refractivity contribution in [3.8, 4) is 10.6 Å². The highest BCUT2D eigenvalue weighted by atomic mass is 32.1. The van der Waals surface area contributed by atoms with Gasteiger partial charge in [0.15, 0.2) is 5.76 Å². The predicted molar refractivity (Wildman–Crippen MR) is 101 cm³/mol. The number of nitrogens with zero attached hydrogens (tertiary/aromatic N) is 1. The molecule has 0 radical (unpaired) electrons. The van der Waals surface area contributed by atoms with Crippen LogP contribution in [0.25, 0.3) is 20.7 Å². The Bertz CT molecular complexity index is 1080. The fraction of sp³-hybridized carbons (Fsp3) is 0.158. The summed E-state index contributed by atoms with van der Waals surface area (Å²) in [6.45, 7) is 0.0920. The minimum absolute atomic E-state index is 0.0309. The van der Waals surface area contributed by atoms with E-state index in [1.807, 2.05) is 17.5 Å². The van der Waals surface area contributed by atoms with E-state index in [1.165, 1.54) is 35.8 Å². The van der Waals surface area contributed by atoms with Gasteiger partial charge in [-0.1, -0.05) is 17.3 Å². The van der Waals surface area contributed by atoms with Crippen molar-refractivity contribution in [2.24, 2.45) is 0 Å². The number of carbonyl (C=O) groups is 1. The Kier molecular flexibility index (Phi) is 5.02. The topological polar surface area (TPSA) is 61.6 Å². The predicted octanol–water partition coefficient (Wildman–Crippen LogP) is 5.26. The summed E-state index contributed by atoms with van der Waals surface area (Å²) in [5.74, 6) is -0.296. The van der Waals surface area contributed by atoms with Gasteiger partial charge in [-0.25, -0.2) is 9.18 Å². The fourth-order valence-corrected chi connectivity index (χ4v) is 4.52. The van der Waals surface area contributed by atoms with Gasteiger partial charge in [-0.05, 0) is 23.6 Å². The maximum absolute atomic E-state index is 14.2. The molecule has 5 nitrogen and oxygen atoms in total. The van der Waals surface area contributed by atoms with E-state index in [1.54, 1.807) is 18.2 Å². The molecule has 4 aromatic rings. The molecule has 0 saturated carbocycles. The lowest BCUT2D eigenvalue weighted by molar-refractivity contribution is 0.0466. The SMILES string of the molecule is COCc1c(C(=O)OCc2cc(-c3cccs3)on2)sc2cccc(F)c12. The highest BCUT2D eigenvalue weighted by molar-refractivity contribution is 7.21. The van der Waals surface area contributed by atoms with Crippen LogP contribution in [0.2, 0.25) is 0 Å². The number of benzene rings is 1. The lowest BCUT2D eigenvalue weighted by atomic mass is 10.1. The van der Waals surface area contributed by atoms with Crippen LogP contribution in [-0.2, 0) is 22.7 Å². The van der Waals surface area contributed by atoms with Crippen molar-refractivity contribution in [2.45, 2.75) is 13.2 Å². The summed E-state index contributed by atoms with van der Waals surface area (Å²) in [5, 5.41) is 6.27. The van der Waals surface area contributed by atoms with Crippen LogP contribution in [0, 0.1) is 5.82 Å². The van der Waals surface area contributed by atoms with Crippen LogP contribution in [0.4, 0.5) is 4.39 Å². The number of ether oxygens (including phenoxy) is 2. The number of hydrogen-bond acceptors (Lipinski definition) is 7. The van der Waals surface area contributed by atoms with Crippen molar-refractivity contribution in [3.63, 3.8) is 0 Å². The zero-order valence-electron chi connectivity index (χ0n) is 14.2. The third-order valence-electron chi connectivity index (χ3n) is 3.91. The summed E-state index contributed by atoms with van der Waals surface area (Å²) in [6, 6.07) is 10.3. The summed E-state index contributed by atoms with van der Waals surface area (Å²) in [5.41, 5.74) is 1.01. The molecule has 0 aliphatic carbocycles.